The van der Waals surface area contributed by atoms with E-state index in [1.807, 2.05) is 24.3 Å². The molecule has 4 nitrogen and oxygen atoms in total. The third-order valence-corrected chi connectivity index (χ3v) is 3.68. The van der Waals surface area contributed by atoms with Gasteiger partial charge in [0.05, 0.1) is 0 Å². The number of nitrogens with one attached hydrogen (secondary N) is 1. The highest BCUT2D eigenvalue weighted by molar-refractivity contribution is 5.74. The topological polar surface area (TPSA) is 41.3 Å². The van der Waals surface area contributed by atoms with Crippen molar-refractivity contribution in [2.45, 2.75) is 25.3 Å². The van der Waals surface area contributed by atoms with Crippen LogP contribution < -0.4 is 10.2 Å². The van der Waals surface area contributed by atoms with Gasteiger partial charge in [0.1, 0.15) is 5.52 Å². The molecule has 1 aliphatic heterocycles. The zero-order chi connectivity index (χ0) is 12.4. The molecule has 1 atom stereocenters. The van der Waals surface area contributed by atoms with Crippen molar-refractivity contribution in [2.75, 3.05) is 25.0 Å². The van der Waals surface area contributed by atoms with Crippen LogP contribution in [-0.2, 0) is 0 Å². The third-order valence-electron chi connectivity index (χ3n) is 3.68. The number of nitrogens with zero attached hydrogens (tertiary/aromatic N) is 2. The molecule has 1 saturated heterocycles. The van der Waals surface area contributed by atoms with E-state index in [1.165, 1.54) is 12.8 Å². The van der Waals surface area contributed by atoms with Crippen LogP contribution in [0.25, 0.3) is 11.1 Å². The summed E-state index contributed by atoms with van der Waals surface area (Å²) >= 11 is 0. The second-order valence-electron chi connectivity index (χ2n) is 4.91. The summed E-state index contributed by atoms with van der Waals surface area (Å²) in [7, 11) is 2.08. The van der Waals surface area contributed by atoms with Gasteiger partial charge in [0, 0.05) is 13.1 Å². The fraction of sp³-hybridized carbons (Fsp3) is 0.500. The summed E-state index contributed by atoms with van der Waals surface area (Å²) < 4.78 is 5.82. The van der Waals surface area contributed by atoms with Gasteiger partial charge in [0.2, 0.25) is 0 Å². The molecule has 2 aromatic rings. The molecule has 1 unspecified atom stereocenters. The summed E-state index contributed by atoms with van der Waals surface area (Å²) in [6, 6.07) is 9.19. The van der Waals surface area contributed by atoms with Crippen molar-refractivity contribution in [3.63, 3.8) is 0 Å². The Morgan fingerprint density at radius 3 is 3.06 bits per heavy atom. The molecule has 0 spiro atoms. The maximum absolute atomic E-state index is 5.82. The molecule has 1 aromatic carbocycles. The Hall–Kier alpha value is -1.55. The summed E-state index contributed by atoms with van der Waals surface area (Å²) in [5, 5.41) is 3.43. The van der Waals surface area contributed by atoms with E-state index in [-0.39, 0.29) is 0 Å². The Labute approximate surface area is 107 Å². The molecule has 0 radical (unpaired) electrons. The molecule has 18 heavy (non-hydrogen) atoms. The molecule has 96 valence electrons. The Bertz CT molecular complexity index is 481. The number of benzene rings is 1. The number of hydrogen-bond donors (Lipinski definition) is 1. The summed E-state index contributed by atoms with van der Waals surface area (Å²) in [5.41, 5.74) is 1.80. The second-order valence-corrected chi connectivity index (χ2v) is 4.91. The highest BCUT2D eigenvalue weighted by Crippen LogP contribution is 2.24. The Kier molecular flexibility index (Phi) is 3.19. The van der Waals surface area contributed by atoms with E-state index in [2.05, 4.69) is 22.2 Å². The number of para-hydroxylation sites is 2. The molecule has 1 aliphatic rings. The molecule has 0 amide bonds. The number of aromatic nitrogens is 1. The number of fused-ring (bicyclic) bond motifs is 1. The first kappa shape index (κ1) is 11.5. The lowest BCUT2D eigenvalue weighted by atomic mass is 10.1. The minimum absolute atomic E-state index is 0.521. The molecular weight excluding hydrogens is 226 g/mol. The first-order valence-corrected chi connectivity index (χ1v) is 6.64. The van der Waals surface area contributed by atoms with Crippen LogP contribution in [0.4, 0.5) is 6.01 Å². The molecule has 4 heteroatoms. The number of anilines is 1. The van der Waals surface area contributed by atoms with Crippen molar-refractivity contribution in [1.82, 2.24) is 10.3 Å². The first-order chi connectivity index (χ1) is 8.84. The van der Waals surface area contributed by atoms with E-state index in [0.29, 0.717) is 6.04 Å². The van der Waals surface area contributed by atoms with Crippen molar-refractivity contribution in [3.8, 4) is 0 Å². The van der Waals surface area contributed by atoms with Gasteiger partial charge in [-0.25, -0.2) is 0 Å². The first-order valence-electron chi connectivity index (χ1n) is 6.64. The molecule has 0 saturated carbocycles. The maximum atomic E-state index is 5.82. The van der Waals surface area contributed by atoms with Gasteiger partial charge in [0.25, 0.3) is 6.01 Å². The van der Waals surface area contributed by atoms with E-state index in [0.717, 1.165) is 36.6 Å². The lowest BCUT2D eigenvalue weighted by Crippen LogP contribution is -2.32. The molecule has 0 aliphatic carbocycles. The third kappa shape index (κ3) is 2.20. The zero-order valence-electron chi connectivity index (χ0n) is 10.7. The van der Waals surface area contributed by atoms with Crippen molar-refractivity contribution in [1.29, 1.82) is 0 Å². The van der Waals surface area contributed by atoms with Gasteiger partial charge in [-0.05, 0) is 44.5 Å². The van der Waals surface area contributed by atoms with Gasteiger partial charge in [-0.2, -0.15) is 4.98 Å². The lowest BCUT2D eigenvalue weighted by Gasteiger charge is -2.25. The van der Waals surface area contributed by atoms with Crippen LogP contribution in [0.2, 0.25) is 0 Å². The Morgan fingerprint density at radius 1 is 1.28 bits per heavy atom. The fourth-order valence-corrected chi connectivity index (χ4v) is 2.56. The second kappa shape index (κ2) is 4.98. The molecule has 3 rings (SSSR count). The average molecular weight is 245 g/mol. The van der Waals surface area contributed by atoms with E-state index in [1.54, 1.807) is 0 Å². The van der Waals surface area contributed by atoms with E-state index in [9.17, 15) is 0 Å². The smallest absolute Gasteiger partial charge is 0.298 e. The van der Waals surface area contributed by atoms with Crippen molar-refractivity contribution < 1.29 is 4.42 Å². The molecule has 1 N–H and O–H groups in total. The van der Waals surface area contributed by atoms with E-state index < -0.39 is 0 Å². The maximum Gasteiger partial charge on any atom is 0.298 e. The quantitative estimate of drug-likeness (QED) is 0.882. The largest absolute Gasteiger partial charge is 0.423 e. The van der Waals surface area contributed by atoms with E-state index in [4.69, 9.17) is 4.42 Å². The summed E-state index contributed by atoms with van der Waals surface area (Å²) in [5.74, 6) is 0. The predicted molar refractivity (Wildman–Crippen MR) is 72.9 cm³/mol. The van der Waals surface area contributed by atoms with Gasteiger partial charge in [-0.1, -0.05) is 12.1 Å². The minimum atomic E-state index is 0.521. The normalized spacial score (nSPS) is 20.8. The fourth-order valence-electron chi connectivity index (χ4n) is 2.56. The Morgan fingerprint density at radius 2 is 2.17 bits per heavy atom. The number of rotatable bonds is 2. The van der Waals surface area contributed by atoms with Gasteiger partial charge in [-0.15, -0.1) is 0 Å². The van der Waals surface area contributed by atoms with E-state index >= 15 is 0 Å². The standard InChI is InChI=1S/C14H19N3O/c1-17(11-5-4-9-15-10-8-11)14-16-12-6-2-3-7-13(12)18-14/h2-3,6-7,11,15H,4-5,8-10H2,1H3. The Balaban J connectivity index is 1.83. The zero-order valence-corrected chi connectivity index (χ0v) is 10.7. The average Bonchev–Trinajstić information content (AvgIpc) is 2.64. The molecule has 1 fully saturated rings. The molecule has 1 aromatic heterocycles. The molecule has 2 heterocycles. The van der Waals surface area contributed by atoms with Crippen LogP contribution in [0.5, 0.6) is 0 Å². The minimum Gasteiger partial charge on any atom is -0.423 e. The SMILES string of the molecule is CN(c1nc2ccccc2o1)C1CCCNCC1. The van der Waals surface area contributed by atoms with Gasteiger partial charge in [0.15, 0.2) is 5.58 Å². The summed E-state index contributed by atoms with van der Waals surface area (Å²) in [4.78, 5) is 6.74. The highest BCUT2D eigenvalue weighted by atomic mass is 16.4. The lowest BCUT2D eigenvalue weighted by molar-refractivity contribution is 0.503. The predicted octanol–water partition coefficient (Wildman–Crippen LogP) is 2.41. The van der Waals surface area contributed by atoms with Crippen LogP contribution in [0.15, 0.2) is 28.7 Å². The van der Waals surface area contributed by atoms with Crippen LogP contribution in [0, 0.1) is 0 Å². The van der Waals surface area contributed by atoms with Gasteiger partial charge >= 0.3 is 0 Å². The van der Waals surface area contributed by atoms with Crippen LogP contribution in [-0.4, -0.2) is 31.2 Å². The summed E-state index contributed by atoms with van der Waals surface area (Å²) in [6.07, 6.45) is 3.56. The monoisotopic (exact) mass is 245 g/mol. The molecular formula is C14H19N3O. The van der Waals surface area contributed by atoms with Crippen LogP contribution in [0.3, 0.4) is 0 Å². The van der Waals surface area contributed by atoms with Crippen molar-refractivity contribution >= 4 is 17.1 Å². The number of hydrogen-bond acceptors (Lipinski definition) is 4. The van der Waals surface area contributed by atoms with Crippen molar-refractivity contribution in [2.24, 2.45) is 0 Å². The van der Waals surface area contributed by atoms with Crippen LogP contribution >= 0.6 is 0 Å². The molecule has 0 bridgehead atoms. The summed E-state index contributed by atoms with van der Waals surface area (Å²) in [6.45, 7) is 2.20. The number of oxazole rings is 1. The van der Waals surface area contributed by atoms with Crippen molar-refractivity contribution in [3.05, 3.63) is 24.3 Å². The van der Waals surface area contributed by atoms with Crippen LogP contribution in [0.1, 0.15) is 19.3 Å². The van der Waals surface area contributed by atoms with Gasteiger partial charge < -0.3 is 14.6 Å². The highest BCUT2D eigenvalue weighted by Gasteiger charge is 2.20. The van der Waals surface area contributed by atoms with Gasteiger partial charge in [-0.3, -0.25) is 0 Å².